The second-order valence-electron chi connectivity index (χ2n) is 4.79. The molecule has 0 spiro atoms. The maximum absolute atomic E-state index is 13.4. The van der Waals surface area contributed by atoms with Crippen LogP contribution in [0.25, 0.3) is 0 Å². The number of aryl methyl sites for hydroxylation is 1. The van der Waals surface area contributed by atoms with Crippen LogP contribution in [-0.4, -0.2) is 7.05 Å². The normalized spacial score (nSPS) is 12.4. The van der Waals surface area contributed by atoms with Crippen LogP contribution in [0.3, 0.4) is 0 Å². The minimum absolute atomic E-state index is 0.115. The number of hydrogen-bond acceptors (Lipinski definition) is 1. The van der Waals surface area contributed by atoms with Gasteiger partial charge in [0.2, 0.25) is 0 Å². The highest BCUT2D eigenvalue weighted by Gasteiger charge is 2.13. The zero-order valence-corrected chi connectivity index (χ0v) is 13.7. The summed E-state index contributed by atoms with van der Waals surface area (Å²) in [6, 6.07) is 10.9. The van der Waals surface area contributed by atoms with Crippen LogP contribution in [-0.2, 0) is 6.42 Å². The molecular weight excluding hydrogens is 341 g/mol. The van der Waals surface area contributed by atoms with Gasteiger partial charge in [0.25, 0.3) is 0 Å². The fourth-order valence-corrected chi connectivity index (χ4v) is 2.71. The summed E-state index contributed by atoms with van der Waals surface area (Å²) < 4.78 is 14.2. The van der Waals surface area contributed by atoms with Crippen LogP contribution in [0.2, 0.25) is 5.02 Å². The molecule has 4 heteroatoms. The highest BCUT2D eigenvalue weighted by Crippen LogP contribution is 2.28. The van der Waals surface area contributed by atoms with Crippen molar-refractivity contribution in [1.82, 2.24) is 5.32 Å². The second-order valence-corrected chi connectivity index (χ2v) is 6.05. The van der Waals surface area contributed by atoms with Gasteiger partial charge in [-0.05, 0) is 77.3 Å². The Hall–Kier alpha value is -0.900. The minimum atomic E-state index is -0.197. The average molecular weight is 357 g/mol. The molecule has 0 aliphatic rings. The molecule has 1 N–H and O–H groups in total. The quantitative estimate of drug-likeness (QED) is 0.808. The van der Waals surface area contributed by atoms with E-state index in [1.165, 1.54) is 6.07 Å². The maximum atomic E-state index is 13.4. The molecule has 0 amide bonds. The molecule has 20 heavy (non-hydrogen) atoms. The smallest absolute Gasteiger partial charge is 0.123 e. The van der Waals surface area contributed by atoms with E-state index in [2.05, 4.69) is 21.2 Å². The van der Waals surface area contributed by atoms with Gasteiger partial charge in [0.1, 0.15) is 5.82 Å². The summed E-state index contributed by atoms with van der Waals surface area (Å²) in [5, 5.41) is 3.96. The molecule has 0 heterocycles. The van der Waals surface area contributed by atoms with Crippen molar-refractivity contribution in [3.63, 3.8) is 0 Å². The zero-order chi connectivity index (χ0) is 14.7. The predicted molar refractivity (Wildman–Crippen MR) is 85.8 cm³/mol. The Labute approximate surface area is 132 Å². The van der Waals surface area contributed by atoms with Crippen LogP contribution in [0.5, 0.6) is 0 Å². The summed E-state index contributed by atoms with van der Waals surface area (Å²) >= 11 is 9.45. The van der Waals surface area contributed by atoms with Crippen molar-refractivity contribution in [2.24, 2.45) is 0 Å². The summed E-state index contributed by atoms with van der Waals surface area (Å²) in [7, 11) is 1.90. The Morgan fingerprint density at radius 1 is 1.25 bits per heavy atom. The van der Waals surface area contributed by atoms with Crippen LogP contribution >= 0.6 is 27.5 Å². The fourth-order valence-electron chi connectivity index (χ4n) is 2.20. The van der Waals surface area contributed by atoms with E-state index in [0.29, 0.717) is 5.02 Å². The van der Waals surface area contributed by atoms with Gasteiger partial charge in [-0.25, -0.2) is 4.39 Å². The molecule has 106 valence electrons. The first-order valence-corrected chi connectivity index (χ1v) is 7.55. The highest BCUT2D eigenvalue weighted by atomic mass is 79.9. The van der Waals surface area contributed by atoms with E-state index in [1.807, 2.05) is 38.2 Å². The SMILES string of the molecule is CNC(Cc1cc(F)ccc1C)c1ccc(Cl)c(Br)c1. The van der Waals surface area contributed by atoms with E-state index in [-0.39, 0.29) is 11.9 Å². The first-order chi connectivity index (χ1) is 9.51. The van der Waals surface area contributed by atoms with Gasteiger partial charge in [-0.15, -0.1) is 0 Å². The van der Waals surface area contributed by atoms with E-state index < -0.39 is 0 Å². The lowest BCUT2D eigenvalue weighted by molar-refractivity contribution is 0.582. The highest BCUT2D eigenvalue weighted by molar-refractivity contribution is 9.10. The molecule has 2 rings (SSSR count). The van der Waals surface area contributed by atoms with E-state index in [4.69, 9.17) is 11.6 Å². The van der Waals surface area contributed by atoms with Gasteiger partial charge >= 0.3 is 0 Å². The van der Waals surface area contributed by atoms with Crippen LogP contribution in [0, 0.1) is 12.7 Å². The van der Waals surface area contributed by atoms with Crippen molar-refractivity contribution < 1.29 is 4.39 Å². The largest absolute Gasteiger partial charge is 0.313 e. The molecule has 2 aromatic carbocycles. The molecule has 0 fully saturated rings. The maximum Gasteiger partial charge on any atom is 0.123 e. The summed E-state index contributed by atoms with van der Waals surface area (Å²) in [6.45, 7) is 2.00. The molecule has 0 saturated carbocycles. The summed E-state index contributed by atoms with van der Waals surface area (Å²) in [4.78, 5) is 0. The van der Waals surface area contributed by atoms with Crippen LogP contribution < -0.4 is 5.32 Å². The Morgan fingerprint density at radius 3 is 2.65 bits per heavy atom. The third-order valence-corrected chi connectivity index (χ3v) is 4.64. The van der Waals surface area contributed by atoms with E-state index in [0.717, 1.165) is 27.6 Å². The van der Waals surface area contributed by atoms with Crippen molar-refractivity contribution in [3.8, 4) is 0 Å². The number of rotatable bonds is 4. The molecule has 2 aromatic rings. The molecule has 0 aromatic heterocycles. The second kappa shape index (κ2) is 6.70. The standard InChI is InChI=1S/C16H16BrClFN/c1-10-3-5-13(19)7-12(10)9-16(20-2)11-4-6-15(18)14(17)8-11/h3-8,16,20H,9H2,1-2H3. The van der Waals surface area contributed by atoms with Crippen LogP contribution in [0.1, 0.15) is 22.7 Å². The zero-order valence-electron chi connectivity index (χ0n) is 11.4. The number of nitrogens with one attached hydrogen (secondary N) is 1. The Balaban J connectivity index is 2.28. The van der Waals surface area contributed by atoms with Crippen molar-refractivity contribution >= 4 is 27.5 Å². The average Bonchev–Trinajstić information content (AvgIpc) is 2.43. The van der Waals surface area contributed by atoms with Gasteiger partial charge < -0.3 is 5.32 Å². The van der Waals surface area contributed by atoms with Gasteiger partial charge in [-0.3, -0.25) is 0 Å². The first kappa shape index (κ1) is 15.5. The van der Waals surface area contributed by atoms with E-state index >= 15 is 0 Å². The lowest BCUT2D eigenvalue weighted by atomic mass is 9.96. The monoisotopic (exact) mass is 355 g/mol. The van der Waals surface area contributed by atoms with Crippen molar-refractivity contribution in [3.05, 3.63) is 68.4 Å². The van der Waals surface area contributed by atoms with Gasteiger partial charge in [0.05, 0.1) is 5.02 Å². The Kier molecular flexibility index (Phi) is 5.19. The summed E-state index contributed by atoms with van der Waals surface area (Å²) in [5.74, 6) is -0.197. The van der Waals surface area contributed by atoms with E-state index in [1.54, 1.807) is 6.07 Å². The third-order valence-electron chi connectivity index (χ3n) is 3.43. The molecule has 0 aliphatic heterocycles. The Morgan fingerprint density at radius 2 is 2.00 bits per heavy atom. The molecule has 0 aliphatic carbocycles. The van der Waals surface area contributed by atoms with Crippen LogP contribution in [0.4, 0.5) is 4.39 Å². The van der Waals surface area contributed by atoms with Crippen LogP contribution in [0.15, 0.2) is 40.9 Å². The van der Waals surface area contributed by atoms with Gasteiger partial charge in [-0.2, -0.15) is 0 Å². The topological polar surface area (TPSA) is 12.0 Å². The van der Waals surface area contributed by atoms with Crippen molar-refractivity contribution in [1.29, 1.82) is 0 Å². The molecule has 0 radical (unpaired) electrons. The summed E-state index contributed by atoms with van der Waals surface area (Å²) in [5.41, 5.74) is 3.22. The van der Waals surface area contributed by atoms with Gasteiger partial charge in [-0.1, -0.05) is 23.7 Å². The van der Waals surface area contributed by atoms with Gasteiger partial charge in [0, 0.05) is 10.5 Å². The third kappa shape index (κ3) is 3.60. The molecule has 1 atom stereocenters. The van der Waals surface area contributed by atoms with Crippen molar-refractivity contribution in [2.45, 2.75) is 19.4 Å². The lowest BCUT2D eigenvalue weighted by Gasteiger charge is -2.18. The Bertz CT molecular complexity index is 615. The molecule has 1 nitrogen and oxygen atoms in total. The number of benzene rings is 2. The fraction of sp³-hybridized carbons (Fsp3) is 0.250. The molecule has 0 bridgehead atoms. The van der Waals surface area contributed by atoms with E-state index in [9.17, 15) is 4.39 Å². The molecule has 1 unspecified atom stereocenters. The number of likely N-dealkylation sites (N-methyl/N-ethyl adjacent to an activating group) is 1. The molecular formula is C16H16BrClFN. The van der Waals surface area contributed by atoms with Crippen molar-refractivity contribution in [2.75, 3.05) is 7.05 Å². The number of hydrogen-bond donors (Lipinski definition) is 1. The van der Waals surface area contributed by atoms with Gasteiger partial charge in [0.15, 0.2) is 0 Å². The number of halogens is 3. The molecule has 0 saturated heterocycles. The minimum Gasteiger partial charge on any atom is -0.313 e. The summed E-state index contributed by atoms with van der Waals surface area (Å²) in [6.07, 6.45) is 0.730. The lowest BCUT2D eigenvalue weighted by Crippen LogP contribution is -2.19. The first-order valence-electron chi connectivity index (χ1n) is 6.38. The predicted octanol–water partition coefficient (Wildman–Crippen LogP) is 5.05.